The van der Waals surface area contributed by atoms with Gasteiger partial charge in [-0.3, -0.25) is 0 Å². The fraction of sp³-hybridized carbons (Fsp3) is 0.538. The van der Waals surface area contributed by atoms with E-state index in [2.05, 4.69) is 18.5 Å². The molecule has 1 rings (SSSR count). The number of halogens is 2. The van der Waals surface area contributed by atoms with Crippen LogP contribution in [0.2, 0.25) is 5.02 Å². The molecule has 0 aliphatic heterocycles. The Morgan fingerprint density at radius 3 is 2.76 bits per heavy atom. The quantitative estimate of drug-likeness (QED) is 0.851. The normalized spacial score (nSPS) is 14.6. The van der Waals surface area contributed by atoms with Crippen molar-refractivity contribution >= 4 is 23.4 Å². The van der Waals surface area contributed by atoms with Crippen molar-refractivity contribution < 1.29 is 4.39 Å². The summed E-state index contributed by atoms with van der Waals surface area (Å²) in [5.74, 6) is 1.38. The van der Waals surface area contributed by atoms with E-state index in [1.165, 1.54) is 12.1 Å². The number of hydrogen-bond acceptors (Lipinski definition) is 2. The van der Waals surface area contributed by atoms with Gasteiger partial charge in [-0.1, -0.05) is 18.5 Å². The monoisotopic (exact) mass is 275 g/mol. The lowest BCUT2D eigenvalue weighted by Gasteiger charge is -2.23. The highest BCUT2D eigenvalue weighted by atomic mass is 35.5. The van der Waals surface area contributed by atoms with Gasteiger partial charge < -0.3 is 5.32 Å². The summed E-state index contributed by atoms with van der Waals surface area (Å²) in [4.78, 5) is 0. The molecule has 4 heteroatoms. The van der Waals surface area contributed by atoms with Crippen molar-refractivity contribution in [3.63, 3.8) is 0 Å². The molecule has 1 aromatic rings. The Labute approximate surface area is 112 Å². The van der Waals surface area contributed by atoms with Crippen LogP contribution in [0.15, 0.2) is 18.2 Å². The van der Waals surface area contributed by atoms with E-state index < -0.39 is 0 Å². The number of nitrogens with one attached hydrogen (secondary N) is 1. The minimum absolute atomic E-state index is 0.225. The first-order valence-corrected chi connectivity index (χ1v) is 7.45. The maximum atomic E-state index is 13.2. The Morgan fingerprint density at radius 2 is 2.18 bits per heavy atom. The van der Waals surface area contributed by atoms with Crippen LogP contribution >= 0.6 is 23.4 Å². The standard InChI is InChI=1S/C13H19ClFNS/c1-9(8-17-3)13(16-2)7-10-6-11(15)4-5-12(10)14/h4-6,9,13,16H,7-8H2,1-3H3. The third-order valence-corrected chi connectivity index (χ3v) is 4.16. The van der Waals surface area contributed by atoms with Gasteiger partial charge in [-0.05, 0) is 55.2 Å². The Bertz CT molecular complexity index is 359. The van der Waals surface area contributed by atoms with Crippen LogP contribution in [0.5, 0.6) is 0 Å². The van der Waals surface area contributed by atoms with E-state index in [0.717, 1.165) is 17.7 Å². The van der Waals surface area contributed by atoms with Gasteiger partial charge in [-0.15, -0.1) is 0 Å². The molecule has 96 valence electrons. The summed E-state index contributed by atoms with van der Waals surface area (Å²) in [7, 11) is 1.94. The Hall–Kier alpha value is -0.250. The van der Waals surface area contributed by atoms with Crippen molar-refractivity contribution in [2.75, 3.05) is 19.1 Å². The van der Waals surface area contributed by atoms with Crippen LogP contribution < -0.4 is 5.32 Å². The van der Waals surface area contributed by atoms with E-state index in [1.54, 1.807) is 6.07 Å². The molecule has 1 nitrogen and oxygen atoms in total. The Kier molecular flexibility index (Phi) is 6.31. The van der Waals surface area contributed by atoms with Crippen LogP contribution in [-0.4, -0.2) is 25.1 Å². The zero-order chi connectivity index (χ0) is 12.8. The highest BCUT2D eigenvalue weighted by molar-refractivity contribution is 7.98. The second-order valence-corrected chi connectivity index (χ2v) is 5.59. The largest absolute Gasteiger partial charge is 0.316 e. The first-order valence-electron chi connectivity index (χ1n) is 5.68. The van der Waals surface area contributed by atoms with Crippen LogP contribution in [0.25, 0.3) is 0 Å². The van der Waals surface area contributed by atoms with E-state index in [1.807, 2.05) is 18.8 Å². The first-order chi connectivity index (χ1) is 8.08. The Balaban J connectivity index is 2.76. The smallest absolute Gasteiger partial charge is 0.123 e. The van der Waals surface area contributed by atoms with Gasteiger partial charge in [0.05, 0.1) is 0 Å². The van der Waals surface area contributed by atoms with Gasteiger partial charge in [0.25, 0.3) is 0 Å². The summed E-state index contributed by atoms with van der Waals surface area (Å²) in [6.45, 7) is 2.20. The van der Waals surface area contributed by atoms with Crippen molar-refractivity contribution in [3.8, 4) is 0 Å². The molecule has 0 fully saturated rings. The van der Waals surface area contributed by atoms with Gasteiger partial charge in [-0.25, -0.2) is 4.39 Å². The highest BCUT2D eigenvalue weighted by Crippen LogP contribution is 2.21. The van der Waals surface area contributed by atoms with E-state index in [9.17, 15) is 4.39 Å². The molecule has 1 aromatic carbocycles. The fourth-order valence-electron chi connectivity index (χ4n) is 1.90. The molecule has 2 unspecified atom stereocenters. The van der Waals surface area contributed by atoms with Crippen molar-refractivity contribution in [3.05, 3.63) is 34.6 Å². The van der Waals surface area contributed by atoms with Crippen LogP contribution in [0.4, 0.5) is 4.39 Å². The number of thioether (sulfide) groups is 1. The summed E-state index contributed by atoms with van der Waals surface area (Å²) >= 11 is 7.90. The van der Waals surface area contributed by atoms with Crippen molar-refractivity contribution in [1.82, 2.24) is 5.32 Å². The van der Waals surface area contributed by atoms with Crippen LogP contribution in [0.3, 0.4) is 0 Å². The molecule has 1 N–H and O–H groups in total. The predicted molar refractivity (Wildman–Crippen MR) is 75.5 cm³/mol. The van der Waals surface area contributed by atoms with E-state index >= 15 is 0 Å². The lowest BCUT2D eigenvalue weighted by atomic mass is 9.96. The zero-order valence-electron chi connectivity index (χ0n) is 10.5. The molecular weight excluding hydrogens is 257 g/mol. The molecule has 0 bridgehead atoms. The minimum Gasteiger partial charge on any atom is -0.316 e. The first kappa shape index (κ1) is 14.8. The molecule has 2 atom stereocenters. The van der Waals surface area contributed by atoms with Crippen LogP contribution in [0, 0.1) is 11.7 Å². The maximum Gasteiger partial charge on any atom is 0.123 e. The van der Waals surface area contributed by atoms with Crippen molar-refractivity contribution in [2.45, 2.75) is 19.4 Å². The maximum absolute atomic E-state index is 13.2. The van der Waals surface area contributed by atoms with Gasteiger partial charge in [-0.2, -0.15) is 11.8 Å². The zero-order valence-corrected chi connectivity index (χ0v) is 12.0. The molecule has 0 saturated heterocycles. The molecule has 17 heavy (non-hydrogen) atoms. The van der Waals surface area contributed by atoms with Gasteiger partial charge in [0, 0.05) is 11.1 Å². The second kappa shape index (κ2) is 7.24. The average Bonchev–Trinajstić information content (AvgIpc) is 2.30. The molecular formula is C13H19ClFNS. The van der Waals surface area contributed by atoms with Gasteiger partial charge in [0.1, 0.15) is 5.82 Å². The van der Waals surface area contributed by atoms with Crippen molar-refractivity contribution in [1.29, 1.82) is 0 Å². The summed E-state index contributed by atoms with van der Waals surface area (Å²) < 4.78 is 13.2. The lowest BCUT2D eigenvalue weighted by molar-refractivity contribution is 0.430. The SMILES string of the molecule is CNC(Cc1cc(F)ccc1Cl)C(C)CSC. The van der Waals surface area contributed by atoms with Crippen LogP contribution in [0.1, 0.15) is 12.5 Å². The van der Waals surface area contributed by atoms with Crippen LogP contribution in [-0.2, 0) is 6.42 Å². The van der Waals surface area contributed by atoms with Gasteiger partial charge in [0.2, 0.25) is 0 Å². The lowest BCUT2D eigenvalue weighted by Crippen LogP contribution is -2.35. The molecule has 0 aliphatic rings. The van der Waals surface area contributed by atoms with Gasteiger partial charge >= 0.3 is 0 Å². The predicted octanol–water partition coefficient (Wildman–Crippen LogP) is 3.61. The Morgan fingerprint density at radius 1 is 1.47 bits per heavy atom. The summed E-state index contributed by atoms with van der Waals surface area (Å²) in [5.41, 5.74) is 0.874. The van der Waals surface area contributed by atoms with E-state index in [-0.39, 0.29) is 5.82 Å². The molecule has 0 amide bonds. The van der Waals surface area contributed by atoms with E-state index in [4.69, 9.17) is 11.6 Å². The topological polar surface area (TPSA) is 12.0 Å². The van der Waals surface area contributed by atoms with Gasteiger partial charge in [0.15, 0.2) is 0 Å². The molecule has 0 aliphatic carbocycles. The highest BCUT2D eigenvalue weighted by Gasteiger charge is 2.17. The van der Waals surface area contributed by atoms with Crippen molar-refractivity contribution in [2.24, 2.45) is 5.92 Å². The number of rotatable bonds is 6. The molecule has 0 spiro atoms. The summed E-state index contributed by atoms with van der Waals surface area (Å²) in [6.07, 6.45) is 2.85. The number of hydrogen-bond donors (Lipinski definition) is 1. The van der Waals surface area contributed by atoms with E-state index in [0.29, 0.717) is 17.0 Å². The fourth-order valence-corrected chi connectivity index (χ4v) is 2.86. The molecule has 0 heterocycles. The molecule has 0 aromatic heterocycles. The number of likely N-dealkylation sites (N-methyl/N-ethyl adjacent to an activating group) is 1. The third-order valence-electron chi connectivity index (χ3n) is 2.93. The summed E-state index contributed by atoms with van der Waals surface area (Å²) in [5, 5.41) is 3.93. The minimum atomic E-state index is -0.225. The molecule has 0 radical (unpaired) electrons. The second-order valence-electron chi connectivity index (χ2n) is 4.27. The average molecular weight is 276 g/mol. The third kappa shape index (κ3) is 4.49. The number of benzene rings is 1. The molecule has 0 saturated carbocycles. The summed E-state index contributed by atoms with van der Waals surface area (Å²) in [6, 6.07) is 4.86.